The Hall–Kier alpha value is -3.94. The Morgan fingerprint density at radius 1 is 1.18 bits per heavy atom. The predicted octanol–water partition coefficient (Wildman–Crippen LogP) is 3.44. The van der Waals surface area contributed by atoms with Gasteiger partial charge in [0.1, 0.15) is 5.82 Å². The Balaban J connectivity index is 1.42. The van der Waals surface area contributed by atoms with Crippen molar-refractivity contribution in [3.05, 3.63) is 92.7 Å². The van der Waals surface area contributed by atoms with Crippen LogP contribution in [0, 0.1) is 6.92 Å². The van der Waals surface area contributed by atoms with Crippen LogP contribution in [0.15, 0.2) is 53.3 Å². The first-order valence-corrected chi connectivity index (χ1v) is 10.9. The lowest BCUT2D eigenvalue weighted by Crippen LogP contribution is -2.42. The van der Waals surface area contributed by atoms with Gasteiger partial charge in [0.2, 0.25) is 0 Å². The Morgan fingerprint density at radius 3 is 2.70 bits per heavy atom. The molecular weight excluding hydrogens is 420 g/mol. The largest absolute Gasteiger partial charge is 0.462 e. The number of nitrogens with zero attached hydrogens (tertiary/aromatic N) is 2. The van der Waals surface area contributed by atoms with Crippen molar-refractivity contribution in [3.8, 4) is 0 Å². The zero-order chi connectivity index (χ0) is 23.4. The summed E-state index contributed by atoms with van der Waals surface area (Å²) in [6, 6.07) is 14.3. The molecular formula is C25H26N4O4. The number of H-pyrrole nitrogens is 1. The van der Waals surface area contributed by atoms with Gasteiger partial charge in [-0.15, -0.1) is 0 Å². The molecule has 1 aliphatic heterocycles. The molecule has 0 aliphatic carbocycles. The van der Waals surface area contributed by atoms with Crippen molar-refractivity contribution in [2.24, 2.45) is 0 Å². The number of fused-ring (bicyclic) bond motifs is 1. The second-order valence-electron chi connectivity index (χ2n) is 8.00. The normalized spacial score (nSPS) is 12.7. The maximum absolute atomic E-state index is 12.7. The minimum atomic E-state index is -0.406. The number of carbonyl (C=O) groups excluding carboxylic acids is 2. The van der Waals surface area contributed by atoms with E-state index in [2.05, 4.69) is 21.4 Å². The third kappa shape index (κ3) is 5.28. The Morgan fingerprint density at radius 2 is 1.97 bits per heavy atom. The number of amides is 2. The highest BCUT2D eigenvalue weighted by atomic mass is 16.5. The topological polar surface area (TPSA) is 104 Å². The molecule has 0 fully saturated rings. The van der Waals surface area contributed by atoms with Gasteiger partial charge < -0.3 is 19.9 Å². The maximum Gasteiger partial charge on any atom is 0.338 e. The van der Waals surface area contributed by atoms with Crippen molar-refractivity contribution < 1.29 is 14.3 Å². The molecule has 0 bridgehead atoms. The van der Waals surface area contributed by atoms with Crippen molar-refractivity contribution in [2.75, 3.05) is 18.5 Å². The number of hydrogen-bond acceptors (Lipinski definition) is 5. The van der Waals surface area contributed by atoms with E-state index in [0.717, 1.165) is 16.8 Å². The van der Waals surface area contributed by atoms with E-state index in [1.807, 2.05) is 25.1 Å². The number of nitrogens with one attached hydrogen (secondary N) is 2. The number of urea groups is 1. The van der Waals surface area contributed by atoms with Gasteiger partial charge in [0.15, 0.2) is 0 Å². The van der Waals surface area contributed by atoms with Crippen LogP contribution in [0.1, 0.15) is 45.5 Å². The lowest BCUT2D eigenvalue weighted by Gasteiger charge is -2.28. The third-order valence-electron chi connectivity index (χ3n) is 5.51. The minimum absolute atomic E-state index is 0.190. The van der Waals surface area contributed by atoms with Crippen molar-refractivity contribution >= 4 is 17.7 Å². The van der Waals surface area contributed by atoms with E-state index >= 15 is 0 Å². The molecule has 2 aromatic carbocycles. The lowest BCUT2D eigenvalue weighted by atomic mass is 10.1. The highest BCUT2D eigenvalue weighted by Gasteiger charge is 2.24. The van der Waals surface area contributed by atoms with Gasteiger partial charge in [0.25, 0.3) is 5.56 Å². The van der Waals surface area contributed by atoms with Crippen LogP contribution in [0.5, 0.6) is 0 Å². The zero-order valence-electron chi connectivity index (χ0n) is 18.7. The molecule has 8 nitrogen and oxygen atoms in total. The second-order valence-corrected chi connectivity index (χ2v) is 8.00. The number of benzene rings is 2. The highest BCUT2D eigenvalue weighted by Crippen LogP contribution is 2.17. The van der Waals surface area contributed by atoms with Gasteiger partial charge in [-0.05, 0) is 43.7 Å². The molecule has 4 rings (SSSR count). The van der Waals surface area contributed by atoms with Crippen molar-refractivity contribution in [2.45, 2.75) is 33.2 Å². The van der Waals surface area contributed by atoms with E-state index in [9.17, 15) is 14.4 Å². The highest BCUT2D eigenvalue weighted by molar-refractivity contribution is 5.92. The summed E-state index contributed by atoms with van der Waals surface area (Å²) >= 11 is 0. The number of carbonyl (C=O) groups is 2. The molecule has 0 saturated carbocycles. The quantitative estimate of drug-likeness (QED) is 0.585. The summed E-state index contributed by atoms with van der Waals surface area (Å²) in [6.07, 6.45) is 1.06. The van der Waals surface area contributed by atoms with Gasteiger partial charge in [0.05, 0.1) is 30.0 Å². The molecule has 33 heavy (non-hydrogen) atoms. The zero-order valence-corrected chi connectivity index (χ0v) is 18.7. The van der Waals surface area contributed by atoms with Crippen LogP contribution in [0.4, 0.5) is 10.5 Å². The van der Waals surface area contributed by atoms with E-state index in [4.69, 9.17) is 4.74 Å². The van der Waals surface area contributed by atoms with Crippen LogP contribution < -0.4 is 10.9 Å². The molecule has 8 heteroatoms. The maximum atomic E-state index is 12.7. The monoisotopic (exact) mass is 446 g/mol. The molecule has 170 valence electrons. The van der Waals surface area contributed by atoms with Gasteiger partial charge in [-0.1, -0.05) is 29.8 Å². The number of aromatic amines is 1. The van der Waals surface area contributed by atoms with E-state index < -0.39 is 5.97 Å². The molecule has 0 atom stereocenters. The average molecular weight is 447 g/mol. The number of rotatable bonds is 5. The van der Waals surface area contributed by atoms with Gasteiger partial charge in [-0.2, -0.15) is 0 Å². The fourth-order valence-corrected chi connectivity index (χ4v) is 3.86. The van der Waals surface area contributed by atoms with Gasteiger partial charge in [-0.25, -0.2) is 14.6 Å². The number of esters is 1. The summed E-state index contributed by atoms with van der Waals surface area (Å²) in [7, 11) is 0. The first-order chi connectivity index (χ1) is 15.9. The van der Waals surface area contributed by atoms with Crippen molar-refractivity contribution in [1.82, 2.24) is 14.9 Å². The second kappa shape index (κ2) is 9.68. The summed E-state index contributed by atoms with van der Waals surface area (Å²) < 4.78 is 4.96. The van der Waals surface area contributed by atoms with Gasteiger partial charge in [0, 0.05) is 25.1 Å². The number of ether oxygens (including phenoxy) is 1. The standard InChI is InChI=1S/C25H26N4O4/c1-3-33-24(31)18-7-9-19(10-8-18)26-25(32)29-12-11-21-20(15-29)23(30)28-22(27-21)14-17-6-4-5-16(2)13-17/h4-10,13H,3,11-12,14-15H2,1-2H3,(H,26,32)(H,27,28,30). The Bertz CT molecular complexity index is 1230. The number of anilines is 1. The summed E-state index contributed by atoms with van der Waals surface area (Å²) in [5.74, 6) is 0.223. The van der Waals surface area contributed by atoms with Crippen LogP contribution in [0.3, 0.4) is 0 Å². The van der Waals surface area contributed by atoms with Crippen molar-refractivity contribution in [1.29, 1.82) is 0 Å². The minimum Gasteiger partial charge on any atom is -0.462 e. The smallest absolute Gasteiger partial charge is 0.338 e. The molecule has 1 aromatic heterocycles. The molecule has 2 amide bonds. The van der Waals surface area contributed by atoms with Crippen LogP contribution in [-0.2, 0) is 24.1 Å². The van der Waals surface area contributed by atoms with Crippen LogP contribution >= 0.6 is 0 Å². The summed E-state index contributed by atoms with van der Waals surface area (Å²) in [6.45, 7) is 4.72. The fourth-order valence-electron chi connectivity index (χ4n) is 3.86. The van der Waals surface area contributed by atoms with Crippen molar-refractivity contribution in [3.63, 3.8) is 0 Å². The first kappa shape index (κ1) is 22.3. The summed E-state index contributed by atoms with van der Waals surface area (Å²) in [5, 5.41) is 2.81. The number of hydrogen-bond donors (Lipinski definition) is 2. The lowest BCUT2D eigenvalue weighted by molar-refractivity contribution is 0.0526. The number of aryl methyl sites for hydroxylation is 1. The SMILES string of the molecule is CCOC(=O)c1ccc(NC(=O)N2CCc3nc(Cc4cccc(C)c4)[nH]c(=O)c3C2)cc1. The van der Waals surface area contributed by atoms with E-state index in [-0.39, 0.29) is 18.1 Å². The Labute approximate surface area is 191 Å². The molecule has 3 aromatic rings. The molecule has 2 N–H and O–H groups in total. The molecule has 0 spiro atoms. The third-order valence-corrected chi connectivity index (χ3v) is 5.51. The fraction of sp³-hybridized carbons (Fsp3) is 0.280. The van der Waals surface area contributed by atoms with Gasteiger partial charge >= 0.3 is 12.0 Å². The summed E-state index contributed by atoms with van der Waals surface area (Å²) in [5.41, 5.74) is 4.26. The van der Waals surface area contributed by atoms with Gasteiger partial charge in [-0.3, -0.25) is 4.79 Å². The van der Waals surface area contributed by atoms with Crippen LogP contribution in [-0.4, -0.2) is 40.0 Å². The molecule has 2 heterocycles. The molecule has 0 saturated heterocycles. The predicted molar refractivity (Wildman–Crippen MR) is 124 cm³/mol. The molecule has 1 aliphatic rings. The van der Waals surface area contributed by atoms with Crippen LogP contribution in [0.2, 0.25) is 0 Å². The van der Waals surface area contributed by atoms with Crippen LogP contribution in [0.25, 0.3) is 0 Å². The van der Waals surface area contributed by atoms with E-state index in [1.165, 1.54) is 0 Å². The Kier molecular flexibility index (Phi) is 6.53. The molecule has 0 radical (unpaired) electrons. The van der Waals surface area contributed by atoms with E-state index in [0.29, 0.717) is 48.6 Å². The number of aromatic nitrogens is 2. The first-order valence-electron chi connectivity index (χ1n) is 10.9. The molecule has 0 unspecified atom stereocenters. The van der Waals surface area contributed by atoms with E-state index in [1.54, 1.807) is 36.1 Å². The summed E-state index contributed by atoms with van der Waals surface area (Å²) in [4.78, 5) is 46.3. The average Bonchev–Trinajstić information content (AvgIpc) is 2.79.